The Morgan fingerprint density at radius 2 is 2.35 bits per heavy atom. The van der Waals surface area contributed by atoms with Gasteiger partial charge in [0.05, 0.1) is 6.20 Å². The molecule has 1 fully saturated rings. The quantitative estimate of drug-likeness (QED) is 0.837. The Kier molecular flexibility index (Phi) is 5.31. The normalized spacial score (nSPS) is 19.2. The maximum Gasteiger partial charge on any atom is 0.270 e. The number of nitrogens with one attached hydrogen (secondary N) is 2. The van der Waals surface area contributed by atoms with Crippen molar-refractivity contribution < 1.29 is 9.18 Å². The van der Waals surface area contributed by atoms with Crippen molar-refractivity contribution in [1.29, 1.82) is 0 Å². The molecule has 6 heteroatoms. The van der Waals surface area contributed by atoms with E-state index in [0.29, 0.717) is 0 Å². The van der Waals surface area contributed by atoms with Crippen molar-refractivity contribution in [2.75, 3.05) is 13.1 Å². The summed E-state index contributed by atoms with van der Waals surface area (Å²) < 4.78 is 12.6. The molecule has 0 spiro atoms. The molecule has 2 heterocycles. The molecular weight excluding hydrogens is 245 g/mol. The fourth-order valence-corrected chi connectivity index (χ4v) is 1.74. The molecule has 0 aromatic carbocycles. The standard InChI is InChI=1S/C11H14FN3O.ClH/c12-8-3-4-10(14-6-8)11(16)15-9-2-1-5-13-7-9;/h3-4,6,9,13H,1-2,5,7H2,(H,15,16);1H/t9-;/m1./s1. The van der Waals surface area contributed by atoms with Crippen LogP contribution in [0.4, 0.5) is 4.39 Å². The smallest absolute Gasteiger partial charge is 0.270 e. The molecule has 2 rings (SSSR count). The van der Waals surface area contributed by atoms with Crippen molar-refractivity contribution >= 4 is 18.3 Å². The van der Waals surface area contributed by atoms with E-state index in [0.717, 1.165) is 32.1 Å². The fraction of sp³-hybridized carbons (Fsp3) is 0.455. The molecule has 2 N–H and O–H groups in total. The van der Waals surface area contributed by atoms with E-state index in [4.69, 9.17) is 0 Å². The van der Waals surface area contributed by atoms with Crippen molar-refractivity contribution in [3.8, 4) is 0 Å². The first-order valence-electron chi connectivity index (χ1n) is 5.39. The van der Waals surface area contributed by atoms with Crippen molar-refractivity contribution in [2.45, 2.75) is 18.9 Å². The lowest BCUT2D eigenvalue weighted by atomic mass is 10.1. The zero-order valence-corrected chi connectivity index (χ0v) is 10.1. The van der Waals surface area contributed by atoms with E-state index >= 15 is 0 Å². The van der Waals surface area contributed by atoms with Crippen molar-refractivity contribution in [3.05, 3.63) is 29.8 Å². The van der Waals surface area contributed by atoms with Crippen LogP contribution in [0, 0.1) is 5.82 Å². The number of halogens is 2. The summed E-state index contributed by atoms with van der Waals surface area (Å²) in [5.41, 5.74) is 0.256. The highest BCUT2D eigenvalue weighted by molar-refractivity contribution is 5.92. The minimum Gasteiger partial charge on any atom is -0.347 e. The molecule has 1 amide bonds. The monoisotopic (exact) mass is 259 g/mol. The first-order valence-corrected chi connectivity index (χ1v) is 5.39. The molecule has 0 aliphatic carbocycles. The Hall–Kier alpha value is -1.20. The number of pyridine rings is 1. The summed E-state index contributed by atoms with van der Waals surface area (Å²) in [5.74, 6) is -0.676. The molecular formula is C11H15ClFN3O. The lowest BCUT2D eigenvalue weighted by molar-refractivity contribution is 0.0925. The summed E-state index contributed by atoms with van der Waals surface area (Å²) in [7, 11) is 0. The van der Waals surface area contributed by atoms with Gasteiger partial charge in [0.25, 0.3) is 5.91 Å². The molecule has 17 heavy (non-hydrogen) atoms. The van der Waals surface area contributed by atoms with Crippen LogP contribution in [0.25, 0.3) is 0 Å². The number of aromatic nitrogens is 1. The molecule has 1 aromatic rings. The van der Waals surface area contributed by atoms with Gasteiger partial charge in [-0.25, -0.2) is 9.37 Å². The summed E-state index contributed by atoms with van der Waals surface area (Å²) in [6.45, 7) is 1.79. The second kappa shape index (κ2) is 6.51. The van der Waals surface area contributed by atoms with E-state index in [9.17, 15) is 9.18 Å². The van der Waals surface area contributed by atoms with Gasteiger partial charge >= 0.3 is 0 Å². The third kappa shape index (κ3) is 3.94. The lowest BCUT2D eigenvalue weighted by Gasteiger charge is -2.23. The molecule has 0 saturated carbocycles. The predicted octanol–water partition coefficient (Wildman–Crippen LogP) is 1.12. The average Bonchev–Trinajstić information content (AvgIpc) is 2.31. The van der Waals surface area contributed by atoms with Crippen LogP contribution in [-0.2, 0) is 0 Å². The Bertz CT molecular complexity index is 365. The molecule has 1 aromatic heterocycles. The first-order chi connectivity index (χ1) is 7.75. The van der Waals surface area contributed by atoms with Crippen molar-refractivity contribution in [2.24, 2.45) is 0 Å². The molecule has 0 radical (unpaired) electrons. The second-order valence-corrected chi connectivity index (χ2v) is 3.88. The van der Waals surface area contributed by atoms with Gasteiger partial charge in [0.15, 0.2) is 0 Å². The van der Waals surface area contributed by atoms with Gasteiger partial charge in [-0.2, -0.15) is 0 Å². The number of carbonyl (C=O) groups excluding carboxylic acids is 1. The maximum absolute atomic E-state index is 12.6. The number of hydrogen-bond acceptors (Lipinski definition) is 3. The van der Waals surface area contributed by atoms with Crippen molar-refractivity contribution in [3.63, 3.8) is 0 Å². The Labute approximate surface area is 105 Å². The van der Waals surface area contributed by atoms with Gasteiger partial charge in [-0.05, 0) is 31.5 Å². The van der Waals surface area contributed by atoms with Gasteiger partial charge in [0, 0.05) is 12.6 Å². The highest BCUT2D eigenvalue weighted by Gasteiger charge is 2.16. The van der Waals surface area contributed by atoms with Gasteiger partial charge < -0.3 is 10.6 Å². The Balaban J connectivity index is 0.00000144. The highest BCUT2D eigenvalue weighted by atomic mass is 35.5. The van der Waals surface area contributed by atoms with Crippen LogP contribution < -0.4 is 10.6 Å². The van der Waals surface area contributed by atoms with Crippen molar-refractivity contribution in [1.82, 2.24) is 15.6 Å². The Morgan fingerprint density at radius 1 is 1.53 bits per heavy atom. The maximum atomic E-state index is 12.6. The van der Waals surface area contributed by atoms with Gasteiger partial charge in [0.1, 0.15) is 11.5 Å². The number of nitrogens with zero attached hydrogens (tertiary/aromatic N) is 1. The highest BCUT2D eigenvalue weighted by Crippen LogP contribution is 2.03. The van der Waals surface area contributed by atoms with Crippen LogP contribution >= 0.6 is 12.4 Å². The zero-order chi connectivity index (χ0) is 11.4. The molecule has 1 atom stereocenters. The zero-order valence-electron chi connectivity index (χ0n) is 9.28. The van der Waals surface area contributed by atoms with Gasteiger partial charge in [-0.15, -0.1) is 12.4 Å². The van der Waals surface area contributed by atoms with Gasteiger partial charge in [-0.3, -0.25) is 4.79 Å². The number of piperidine rings is 1. The van der Waals surface area contributed by atoms with E-state index in [1.807, 2.05) is 0 Å². The summed E-state index contributed by atoms with van der Waals surface area (Å²) in [6.07, 6.45) is 3.08. The topological polar surface area (TPSA) is 54.0 Å². The minimum atomic E-state index is -0.434. The first kappa shape index (κ1) is 13.9. The molecule has 0 bridgehead atoms. The van der Waals surface area contributed by atoms with E-state index in [-0.39, 0.29) is 30.0 Å². The largest absolute Gasteiger partial charge is 0.347 e. The molecule has 1 aliphatic heterocycles. The number of amides is 1. The van der Waals surface area contributed by atoms with E-state index in [1.165, 1.54) is 12.1 Å². The van der Waals surface area contributed by atoms with E-state index < -0.39 is 5.82 Å². The minimum absolute atomic E-state index is 0. The summed E-state index contributed by atoms with van der Waals surface area (Å²) in [6, 6.07) is 2.77. The van der Waals surface area contributed by atoms with Crippen LogP contribution in [0.15, 0.2) is 18.3 Å². The van der Waals surface area contributed by atoms with Crippen LogP contribution in [-0.4, -0.2) is 30.0 Å². The van der Waals surface area contributed by atoms with Crippen LogP contribution in [0.2, 0.25) is 0 Å². The summed E-state index contributed by atoms with van der Waals surface area (Å²) in [4.78, 5) is 15.4. The second-order valence-electron chi connectivity index (χ2n) is 3.88. The number of rotatable bonds is 2. The SMILES string of the molecule is Cl.O=C(N[C@@H]1CCCNC1)c1ccc(F)cn1. The third-order valence-corrected chi connectivity index (χ3v) is 2.59. The summed E-state index contributed by atoms with van der Waals surface area (Å²) >= 11 is 0. The Morgan fingerprint density at radius 3 is 2.94 bits per heavy atom. The third-order valence-electron chi connectivity index (χ3n) is 2.59. The molecule has 4 nitrogen and oxygen atoms in total. The van der Waals surface area contributed by atoms with Gasteiger partial charge in [-0.1, -0.05) is 0 Å². The van der Waals surface area contributed by atoms with Crippen LogP contribution in [0.3, 0.4) is 0 Å². The average molecular weight is 260 g/mol. The lowest BCUT2D eigenvalue weighted by Crippen LogP contribution is -2.45. The molecule has 1 saturated heterocycles. The van der Waals surface area contributed by atoms with Gasteiger partial charge in [0.2, 0.25) is 0 Å². The van der Waals surface area contributed by atoms with Crippen LogP contribution in [0.5, 0.6) is 0 Å². The van der Waals surface area contributed by atoms with Crippen LogP contribution in [0.1, 0.15) is 23.3 Å². The molecule has 0 unspecified atom stereocenters. The predicted molar refractivity (Wildman–Crippen MR) is 64.8 cm³/mol. The summed E-state index contributed by atoms with van der Waals surface area (Å²) in [5, 5.41) is 6.07. The number of carbonyl (C=O) groups is 1. The number of hydrogen-bond donors (Lipinski definition) is 2. The van der Waals surface area contributed by atoms with E-state index in [2.05, 4.69) is 15.6 Å². The molecule has 94 valence electrons. The molecule has 1 aliphatic rings. The van der Waals surface area contributed by atoms with E-state index in [1.54, 1.807) is 0 Å². The fourth-order valence-electron chi connectivity index (χ4n) is 1.74.